The third kappa shape index (κ3) is 3.85. The normalized spacial score (nSPS) is 19.0. The average Bonchev–Trinajstić information content (AvgIpc) is 2.99. The maximum atomic E-state index is 12.9. The summed E-state index contributed by atoms with van der Waals surface area (Å²) >= 11 is 1.65. The molecule has 3 rings (SSSR count). The molecule has 0 aliphatic carbocycles. The van der Waals surface area contributed by atoms with Gasteiger partial charge in [0.2, 0.25) is 0 Å². The molecule has 1 N–H and O–H groups in total. The topological polar surface area (TPSA) is 49.0 Å². The van der Waals surface area contributed by atoms with Gasteiger partial charge in [-0.2, -0.15) is 0 Å². The molecule has 0 bridgehead atoms. The van der Waals surface area contributed by atoms with Gasteiger partial charge in [-0.25, -0.2) is 4.98 Å². The Hall–Kier alpha value is -1.59. The summed E-state index contributed by atoms with van der Waals surface area (Å²) in [7, 11) is 0. The third-order valence-electron chi connectivity index (χ3n) is 4.40. The van der Waals surface area contributed by atoms with Crippen molar-refractivity contribution < 1.29 is 4.79 Å². The Kier molecular flexibility index (Phi) is 5.18. The van der Waals surface area contributed by atoms with Crippen LogP contribution in [0.4, 0.5) is 0 Å². The van der Waals surface area contributed by atoms with Gasteiger partial charge in [0.05, 0.1) is 0 Å². The lowest BCUT2D eigenvalue weighted by Crippen LogP contribution is -2.38. The number of nitrogens with zero attached hydrogens (tertiary/aromatic N) is 2. The van der Waals surface area contributed by atoms with E-state index < -0.39 is 0 Å². The van der Waals surface area contributed by atoms with Crippen molar-refractivity contribution in [2.24, 2.45) is 5.92 Å². The average molecular weight is 329 g/mol. The maximum Gasteiger partial charge on any atom is 0.168 e. The van der Waals surface area contributed by atoms with Crippen LogP contribution in [0.3, 0.4) is 0 Å². The van der Waals surface area contributed by atoms with E-state index >= 15 is 0 Å². The number of hydrogen-bond acceptors (Lipinski definition) is 4. The van der Waals surface area contributed by atoms with E-state index in [1.807, 2.05) is 43.6 Å². The number of aromatic nitrogens is 2. The van der Waals surface area contributed by atoms with Crippen LogP contribution in [-0.2, 0) is 6.54 Å². The van der Waals surface area contributed by atoms with Gasteiger partial charge >= 0.3 is 0 Å². The predicted octanol–water partition coefficient (Wildman–Crippen LogP) is 3.53. The Labute approximate surface area is 141 Å². The van der Waals surface area contributed by atoms with Crippen molar-refractivity contribution in [2.75, 3.05) is 19.3 Å². The summed E-state index contributed by atoms with van der Waals surface area (Å²) in [5.41, 5.74) is 2.00. The van der Waals surface area contributed by atoms with Gasteiger partial charge in [-0.15, -0.1) is 11.8 Å². The molecule has 2 aromatic rings. The SMILES string of the molecule is CSc1ccccc1C(=O)C1CCCN(Cc2cnc(C)[nH]2)C1. The minimum Gasteiger partial charge on any atom is -0.345 e. The summed E-state index contributed by atoms with van der Waals surface area (Å²) in [6.45, 7) is 4.69. The van der Waals surface area contributed by atoms with Crippen molar-refractivity contribution in [2.45, 2.75) is 31.2 Å². The zero-order valence-corrected chi connectivity index (χ0v) is 14.5. The number of imidazole rings is 1. The second-order valence-corrected chi connectivity index (χ2v) is 6.98. The molecule has 1 saturated heterocycles. The van der Waals surface area contributed by atoms with Gasteiger partial charge in [-0.3, -0.25) is 9.69 Å². The highest BCUT2D eigenvalue weighted by molar-refractivity contribution is 7.98. The number of piperidine rings is 1. The molecule has 1 aromatic carbocycles. The number of aryl methyl sites for hydroxylation is 1. The minimum absolute atomic E-state index is 0.0982. The van der Waals surface area contributed by atoms with Gasteiger partial charge in [-0.05, 0) is 38.6 Å². The van der Waals surface area contributed by atoms with Gasteiger partial charge in [0.15, 0.2) is 5.78 Å². The van der Waals surface area contributed by atoms with Crippen molar-refractivity contribution in [3.63, 3.8) is 0 Å². The highest BCUT2D eigenvalue weighted by Crippen LogP contribution is 2.27. The molecule has 1 aliphatic heterocycles. The zero-order chi connectivity index (χ0) is 16.2. The number of Topliss-reactive ketones (excluding diaryl/α,β-unsaturated/α-hetero) is 1. The Morgan fingerprint density at radius 1 is 1.43 bits per heavy atom. The third-order valence-corrected chi connectivity index (χ3v) is 5.19. The zero-order valence-electron chi connectivity index (χ0n) is 13.7. The molecule has 122 valence electrons. The molecule has 0 spiro atoms. The summed E-state index contributed by atoms with van der Waals surface area (Å²) in [5, 5.41) is 0. The molecule has 0 radical (unpaired) electrons. The smallest absolute Gasteiger partial charge is 0.168 e. The molecule has 4 nitrogen and oxygen atoms in total. The van der Waals surface area contributed by atoms with E-state index in [-0.39, 0.29) is 5.92 Å². The minimum atomic E-state index is 0.0982. The van der Waals surface area contributed by atoms with Crippen molar-refractivity contribution in [1.82, 2.24) is 14.9 Å². The fourth-order valence-electron chi connectivity index (χ4n) is 3.27. The molecule has 1 fully saturated rings. The van der Waals surface area contributed by atoms with Crippen LogP contribution in [0, 0.1) is 12.8 Å². The summed E-state index contributed by atoms with van der Waals surface area (Å²) < 4.78 is 0. The van der Waals surface area contributed by atoms with Gasteiger partial charge in [-0.1, -0.05) is 18.2 Å². The number of aromatic amines is 1. The molecule has 1 unspecified atom stereocenters. The first-order chi connectivity index (χ1) is 11.2. The lowest BCUT2D eigenvalue weighted by Gasteiger charge is -2.31. The fourth-order valence-corrected chi connectivity index (χ4v) is 3.88. The van der Waals surface area contributed by atoms with Gasteiger partial charge < -0.3 is 4.98 Å². The quantitative estimate of drug-likeness (QED) is 0.673. The van der Waals surface area contributed by atoms with Crippen LogP contribution in [0.2, 0.25) is 0 Å². The van der Waals surface area contributed by atoms with Crippen LogP contribution < -0.4 is 0 Å². The van der Waals surface area contributed by atoms with Crippen molar-refractivity contribution in [3.05, 3.63) is 47.5 Å². The summed E-state index contributed by atoms with van der Waals surface area (Å²) in [5.74, 6) is 1.33. The number of carbonyl (C=O) groups is 1. The second-order valence-electron chi connectivity index (χ2n) is 6.13. The number of likely N-dealkylation sites (tertiary alicyclic amines) is 1. The number of H-pyrrole nitrogens is 1. The van der Waals surface area contributed by atoms with Gasteiger partial charge in [0.1, 0.15) is 5.82 Å². The highest BCUT2D eigenvalue weighted by Gasteiger charge is 2.27. The Morgan fingerprint density at radius 2 is 2.26 bits per heavy atom. The first-order valence-electron chi connectivity index (χ1n) is 8.07. The Morgan fingerprint density at radius 3 is 3.00 bits per heavy atom. The predicted molar refractivity (Wildman–Crippen MR) is 93.9 cm³/mol. The maximum absolute atomic E-state index is 12.9. The molecule has 23 heavy (non-hydrogen) atoms. The van der Waals surface area contributed by atoms with E-state index in [2.05, 4.69) is 14.9 Å². The van der Waals surface area contributed by atoms with Crippen LogP contribution in [0.5, 0.6) is 0 Å². The molecule has 1 aliphatic rings. The number of benzene rings is 1. The van der Waals surface area contributed by atoms with Crippen molar-refractivity contribution in [3.8, 4) is 0 Å². The summed E-state index contributed by atoms with van der Waals surface area (Å²) in [4.78, 5) is 23.9. The number of rotatable bonds is 5. The van der Waals surface area contributed by atoms with Gasteiger partial charge in [0, 0.05) is 41.4 Å². The lowest BCUT2D eigenvalue weighted by molar-refractivity contribution is 0.0807. The molecule has 1 aromatic heterocycles. The van der Waals surface area contributed by atoms with E-state index in [9.17, 15) is 4.79 Å². The molecular weight excluding hydrogens is 306 g/mol. The van der Waals surface area contributed by atoms with E-state index in [1.165, 1.54) is 0 Å². The monoisotopic (exact) mass is 329 g/mol. The van der Waals surface area contributed by atoms with E-state index in [0.29, 0.717) is 5.78 Å². The fraction of sp³-hybridized carbons (Fsp3) is 0.444. The summed E-state index contributed by atoms with van der Waals surface area (Å²) in [6.07, 6.45) is 5.98. The van der Waals surface area contributed by atoms with E-state index in [0.717, 1.165) is 54.5 Å². The van der Waals surface area contributed by atoms with Crippen LogP contribution in [0.1, 0.15) is 34.7 Å². The number of hydrogen-bond donors (Lipinski definition) is 1. The van der Waals surface area contributed by atoms with Crippen molar-refractivity contribution >= 4 is 17.5 Å². The Balaban J connectivity index is 1.69. The van der Waals surface area contributed by atoms with E-state index in [1.54, 1.807) is 11.8 Å². The van der Waals surface area contributed by atoms with Crippen LogP contribution in [0.25, 0.3) is 0 Å². The van der Waals surface area contributed by atoms with Crippen LogP contribution in [0.15, 0.2) is 35.4 Å². The summed E-state index contributed by atoms with van der Waals surface area (Å²) in [6, 6.07) is 7.95. The molecule has 2 heterocycles. The molecule has 1 atom stereocenters. The molecule has 0 saturated carbocycles. The van der Waals surface area contributed by atoms with E-state index in [4.69, 9.17) is 0 Å². The molecular formula is C18H23N3OS. The molecule has 5 heteroatoms. The van der Waals surface area contributed by atoms with Crippen LogP contribution in [-0.4, -0.2) is 40.0 Å². The highest BCUT2D eigenvalue weighted by atomic mass is 32.2. The number of carbonyl (C=O) groups excluding carboxylic acids is 1. The number of thioether (sulfide) groups is 1. The van der Waals surface area contributed by atoms with Crippen molar-refractivity contribution in [1.29, 1.82) is 0 Å². The van der Waals surface area contributed by atoms with Crippen LogP contribution >= 0.6 is 11.8 Å². The number of ketones is 1. The first-order valence-corrected chi connectivity index (χ1v) is 9.30. The molecule has 0 amide bonds. The van der Waals surface area contributed by atoms with Gasteiger partial charge in [0.25, 0.3) is 0 Å². The largest absolute Gasteiger partial charge is 0.345 e. The lowest BCUT2D eigenvalue weighted by atomic mass is 9.90. The second kappa shape index (κ2) is 7.32. The number of nitrogens with one attached hydrogen (secondary N) is 1. The first kappa shape index (κ1) is 16.3. The Bertz CT molecular complexity index is 682. The standard InChI is InChI=1S/C18H23N3OS/c1-13-19-10-15(20-13)12-21-9-5-6-14(11-21)18(22)16-7-3-4-8-17(16)23-2/h3-4,7-8,10,14H,5-6,9,11-12H2,1-2H3,(H,19,20).